The maximum Gasteiger partial charge on any atom is 0.193 e. The number of methoxy groups -OCH3 is 1. The van der Waals surface area contributed by atoms with E-state index in [0.29, 0.717) is 11.1 Å². The van der Waals surface area contributed by atoms with Crippen molar-refractivity contribution in [1.82, 2.24) is 0 Å². The fourth-order valence-corrected chi connectivity index (χ4v) is 8.36. The number of carbonyl (C=O) groups excluding carboxylic acids is 1. The van der Waals surface area contributed by atoms with E-state index in [0.717, 1.165) is 5.75 Å². The van der Waals surface area contributed by atoms with E-state index in [1.165, 1.54) is 14.7 Å². The van der Waals surface area contributed by atoms with Gasteiger partial charge in [0, 0.05) is 25.8 Å². The first-order valence-electron chi connectivity index (χ1n) is 9.55. The summed E-state index contributed by atoms with van der Waals surface area (Å²) >= 11 is 2.61. The number of rotatable bonds is 6. The Balaban J connectivity index is 1.72. The third-order valence-corrected chi connectivity index (χ3v) is 12.3. The van der Waals surface area contributed by atoms with Gasteiger partial charge in [0.1, 0.15) is 5.75 Å². The molecule has 0 aromatic heterocycles. The van der Waals surface area contributed by atoms with Crippen LogP contribution in [0.4, 0.5) is 0 Å². The number of hydrogen-bond acceptors (Lipinski definition) is 2. The zero-order valence-corrected chi connectivity index (χ0v) is 19.5. The third-order valence-electron chi connectivity index (χ3n) is 4.93. The van der Waals surface area contributed by atoms with Crippen LogP contribution in [-0.4, -0.2) is 12.9 Å². The molecule has 4 aromatic rings. The third kappa shape index (κ3) is 4.02. The van der Waals surface area contributed by atoms with Gasteiger partial charge in [0.05, 0.1) is 7.11 Å². The highest BCUT2D eigenvalue weighted by atomic mass is 127. The van der Waals surface area contributed by atoms with Crippen molar-refractivity contribution < 1.29 is 9.53 Å². The first kappa shape index (κ1) is 20.7. The standard InChI is InChI=1S/C26H21IO2S/c1-29-22-16-12-20(13-17-22)26(28)21-14-18-25(19-15-21)30(27,23-8-4-2-5-9-23)24-10-6-3-7-11-24/h2-19H,1H3. The second-order valence-electron chi connectivity index (χ2n) is 6.75. The quantitative estimate of drug-likeness (QED) is 0.192. The number of halogens is 1. The molecule has 0 aliphatic carbocycles. The Hall–Kier alpha value is -2.57. The number of hydrogen-bond donors (Lipinski definition) is 0. The van der Waals surface area contributed by atoms with E-state index in [1.54, 1.807) is 19.2 Å². The Morgan fingerprint density at radius 1 is 0.633 bits per heavy atom. The zero-order chi connectivity index (χ0) is 21.0. The maximum absolute atomic E-state index is 12.9. The van der Waals surface area contributed by atoms with Crippen LogP contribution in [-0.2, 0) is 0 Å². The molecule has 0 bridgehead atoms. The van der Waals surface area contributed by atoms with Crippen LogP contribution in [0.1, 0.15) is 15.9 Å². The van der Waals surface area contributed by atoms with Gasteiger partial charge in [-0.15, -0.1) is 7.20 Å². The highest BCUT2D eigenvalue weighted by Gasteiger charge is 2.28. The van der Waals surface area contributed by atoms with E-state index < -0.39 is 7.20 Å². The molecule has 0 N–H and O–H groups in total. The lowest BCUT2D eigenvalue weighted by molar-refractivity contribution is 0.103. The van der Waals surface area contributed by atoms with E-state index in [1.807, 2.05) is 36.4 Å². The van der Waals surface area contributed by atoms with Crippen LogP contribution in [0.25, 0.3) is 0 Å². The molecule has 0 radical (unpaired) electrons. The molecule has 150 valence electrons. The van der Waals surface area contributed by atoms with E-state index in [4.69, 9.17) is 4.74 Å². The van der Waals surface area contributed by atoms with Crippen molar-refractivity contribution in [2.24, 2.45) is 0 Å². The normalized spacial score (nSPS) is 11.7. The molecule has 0 fully saturated rings. The van der Waals surface area contributed by atoms with Crippen molar-refractivity contribution in [1.29, 1.82) is 0 Å². The molecule has 30 heavy (non-hydrogen) atoms. The predicted molar refractivity (Wildman–Crippen MR) is 132 cm³/mol. The summed E-state index contributed by atoms with van der Waals surface area (Å²) in [7, 11) is 0.170. The van der Waals surface area contributed by atoms with Gasteiger partial charge in [-0.25, -0.2) is 0 Å². The molecule has 0 spiro atoms. The Kier molecular flexibility index (Phi) is 6.25. The minimum absolute atomic E-state index is 0.0117. The van der Waals surface area contributed by atoms with Crippen LogP contribution in [0.2, 0.25) is 0 Å². The largest absolute Gasteiger partial charge is 0.497 e. The smallest absolute Gasteiger partial charge is 0.193 e. The second kappa shape index (κ2) is 9.06. The fraction of sp³-hybridized carbons (Fsp3) is 0.0385. The molecular formula is C26H21IO2S. The Labute approximate surface area is 190 Å². The van der Waals surface area contributed by atoms with Gasteiger partial charge < -0.3 is 4.74 Å². The highest BCUT2D eigenvalue weighted by molar-refractivity contribution is 14.2. The van der Waals surface area contributed by atoms with Crippen LogP contribution in [0, 0.1) is 0 Å². The SMILES string of the molecule is COc1ccc(C(=O)c2ccc(S(I)(c3ccccc3)c3ccccc3)cc2)cc1. The van der Waals surface area contributed by atoms with Crippen molar-refractivity contribution >= 4 is 34.2 Å². The molecule has 0 aliphatic heterocycles. The van der Waals surface area contributed by atoms with Gasteiger partial charge in [0.25, 0.3) is 0 Å². The van der Waals surface area contributed by atoms with Gasteiger partial charge in [-0.2, -0.15) is 0 Å². The van der Waals surface area contributed by atoms with Gasteiger partial charge in [-0.1, -0.05) is 36.4 Å². The number of ether oxygens (including phenoxy) is 1. The summed E-state index contributed by atoms with van der Waals surface area (Å²) < 4.78 is 5.18. The van der Waals surface area contributed by atoms with Crippen LogP contribution in [0.5, 0.6) is 5.75 Å². The summed E-state index contributed by atoms with van der Waals surface area (Å²) in [5, 5.41) is 0. The van der Waals surface area contributed by atoms with E-state index in [9.17, 15) is 4.79 Å². The van der Waals surface area contributed by atoms with Crippen LogP contribution in [0.15, 0.2) is 124 Å². The number of benzene rings is 4. The first-order valence-corrected chi connectivity index (χ1v) is 13.7. The van der Waals surface area contributed by atoms with Gasteiger partial charge >= 0.3 is 0 Å². The molecule has 0 saturated carbocycles. The number of carbonyl (C=O) groups is 1. The topological polar surface area (TPSA) is 26.3 Å². The lowest BCUT2D eigenvalue weighted by Gasteiger charge is -2.35. The Morgan fingerprint density at radius 2 is 1.03 bits per heavy atom. The zero-order valence-electron chi connectivity index (χ0n) is 16.5. The average Bonchev–Trinajstić information content (AvgIpc) is 2.84. The van der Waals surface area contributed by atoms with E-state index in [2.05, 4.69) is 81.9 Å². The highest BCUT2D eigenvalue weighted by Crippen LogP contribution is 2.74. The summed E-state index contributed by atoms with van der Waals surface area (Å²) in [5.41, 5.74) is 1.34. The molecule has 0 atom stereocenters. The first-order chi connectivity index (χ1) is 14.6. The van der Waals surface area contributed by atoms with Crippen molar-refractivity contribution in [3.8, 4) is 5.75 Å². The molecule has 4 aromatic carbocycles. The van der Waals surface area contributed by atoms with Gasteiger partial charge in [0.2, 0.25) is 0 Å². The molecule has 0 unspecified atom stereocenters. The van der Waals surface area contributed by atoms with Crippen molar-refractivity contribution in [3.63, 3.8) is 0 Å². The summed E-state index contributed by atoms with van der Waals surface area (Å²) in [5.74, 6) is 0.753. The maximum atomic E-state index is 12.9. The average molecular weight is 524 g/mol. The van der Waals surface area contributed by atoms with E-state index in [-0.39, 0.29) is 5.78 Å². The molecule has 4 rings (SSSR count). The second-order valence-corrected chi connectivity index (χ2v) is 13.2. The van der Waals surface area contributed by atoms with Gasteiger partial charge in [0.15, 0.2) is 5.78 Å². The summed E-state index contributed by atoms with van der Waals surface area (Å²) in [6, 6.07) is 36.5. The molecule has 0 amide bonds. The molecule has 0 aliphatic rings. The molecular weight excluding hydrogens is 503 g/mol. The summed E-state index contributed by atoms with van der Waals surface area (Å²) in [6.07, 6.45) is 0. The summed E-state index contributed by atoms with van der Waals surface area (Å²) in [4.78, 5) is 16.7. The van der Waals surface area contributed by atoms with Gasteiger partial charge in [-0.3, -0.25) is 4.79 Å². The van der Waals surface area contributed by atoms with Crippen molar-refractivity contribution in [2.45, 2.75) is 14.7 Å². The van der Waals surface area contributed by atoms with Crippen LogP contribution < -0.4 is 4.74 Å². The van der Waals surface area contributed by atoms with Crippen LogP contribution in [0.3, 0.4) is 0 Å². The molecule has 2 nitrogen and oxygen atoms in total. The predicted octanol–water partition coefficient (Wildman–Crippen LogP) is 7.56. The Morgan fingerprint density at radius 3 is 1.47 bits per heavy atom. The molecule has 0 heterocycles. The molecule has 0 saturated heterocycles. The van der Waals surface area contributed by atoms with Crippen LogP contribution >= 0.6 is 28.4 Å². The van der Waals surface area contributed by atoms with Crippen molar-refractivity contribution in [3.05, 3.63) is 120 Å². The Bertz CT molecular complexity index is 1090. The minimum atomic E-state index is -1.45. The minimum Gasteiger partial charge on any atom is -0.497 e. The van der Waals surface area contributed by atoms with E-state index >= 15 is 0 Å². The lowest BCUT2D eigenvalue weighted by Crippen LogP contribution is -2.02. The summed E-state index contributed by atoms with van der Waals surface area (Å²) in [6.45, 7) is 0. The van der Waals surface area contributed by atoms with Crippen molar-refractivity contribution in [2.75, 3.05) is 7.11 Å². The number of ketones is 1. The van der Waals surface area contributed by atoms with Gasteiger partial charge in [-0.05, 0) is 94.0 Å². The molecule has 4 heteroatoms. The monoisotopic (exact) mass is 524 g/mol. The lowest BCUT2D eigenvalue weighted by atomic mass is 10.0. The fourth-order valence-electron chi connectivity index (χ4n) is 3.33.